The van der Waals surface area contributed by atoms with Gasteiger partial charge in [-0.2, -0.15) is 0 Å². The molecule has 0 heterocycles. The summed E-state index contributed by atoms with van der Waals surface area (Å²) in [5.41, 5.74) is 2.80. The molecule has 0 saturated carbocycles. The smallest absolute Gasteiger partial charge is 0.149 e. The number of phenols is 1. The summed E-state index contributed by atoms with van der Waals surface area (Å²) in [6.07, 6.45) is 0. The predicted octanol–water partition coefficient (Wildman–Crippen LogP) is 0.778. The average Bonchev–Trinajstić information content (AvgIpc) is 2.29. The van der Waals surface area contributed by atoms with E-state index in [2.05, 4.69) is 16.0 Å². The summed E-state index contributed by atoms with van der Waals surface area (Å²) in [6, 6.07) is 3.93. The van der Waals surface area contributed by atoms with Crippen LogP contribution in [0.3, 0.4) is 0 Å². The van der Waals surface area contributed by atoms with Crippen molar-refractivity contribution < 1.29 is 5.11 Å². The number of nitrogens with one attached hydrogen (secondary N) is 3. The molecule has 0 aliphatic rings. The van der Waals surface area contributed by atoms with E-state index in [1.54, 1.807) is 0 Å². The van der Waals surface area contributed by atoms with Crippen LogP contribution in [-0.2, 0) is 5.79 Å². The van der Waals surface area contributed by atoms with Gasteiger partial charge in [0.1, 0.15) is 11.5 Å². The average molecular weight is 223 g/mol. The number of aromatic hydroxyl groups is 1. The van der Waals surface area contributed by atoms with E-state index < -0.39 is 5.79 Å². The number of hydrogen-bond donors (Lipinski definition) is 4. The Morgan fingerprint density at radius 2 is 1.31 bits per heavy atom. The van der Waals surface area contributed by atoms with Gasteiger partial charge in [-0.15, -0.1) is 0 Å². The van der Waals surface area contributed by atoms with Crippen molar-refractivity contribution in [1.82, 2.24) is 16.0 Å². The summed E-state index contributed by atoms with van der Waals surface area (Å²) >= 11 is 0. The van der Waals surface area contributed by atoms with Crippen LogP contribution in [0.4, 0.5) is 0 Å². The summed E-state index contributed by atoms with van der Waals surface area (Å²) in [5.74, 6) is -0.107. The molecule has 0 atom stereocenters. The van der Waals surface area contributed by atoms with E-state index >= 15 is 0 Å². The maximum Gasteiger partial charge on any atom is 0.149 e. The van der Waals surface area contributed by atoms with Crippen LogP contribution in [0.2, 0.25) is 0 Å². The molecule has 4 nitrogen and oxygen atoms in total. The number of hydrogen-bond acceptors (Lipinski definition) is 4. The van der Waals surface area contributed by atoms with Crippen molar-refractivity contribution in [2.45, 2.75) is 19.6 Å². The first-order chi connectivity index (χ1) is 7.50. The van der Waals surface area contributed by atoms with Gasteiger partial charge in [0.2, 0.25) is 0 Å². The second kappa shape index (κ2) is 4.82. The summed E-state index contributed by atoms with van der Waals surface area (Å²) in [7, 11) is 5.64. The Morgan fingerprint density at radius 3 is 1.62 bits per heavy atom. The van der Waals surface area contributed by atoms with Crippen molar-refractivity contribution in [2.75, 3.05) is 21.1 Å². The van der Waals surface area contributed by atoms with Crippen molar-refractivity contribution in [1.29, 1.82) is 0 Å². The van der Waals surface area contributed by atoms with E-state index in [0.717, 1.165) is 16.7 Å². The van der Waals surface area contributed by atoms with E-state index in [-0.39, 0.29) is 0 Å². The molecule has 0 saturated heterocycles. The van der Waals surface area contributed by atoms with E-state index in [4.69, 9.17) is 0 Å². The molecule has 0 amide bonds. The fourth-order valence-electron chi connectivity index (χ4n) is 1.98. The Kier molecular flexibility index (Phi) is 3.91. The largest absolute Gasteiger partial charge is 0.507 e. The van der Waals surface area contributed by atoms with Gasteiger partial charge in [-0.1, -0.05) is 0 Å². The van der Waals surface area contributed by atoms with Crippen molar-refractivity contribution in [2.24, 2.45) is 0 Å². The Labute approximate surface area is 97.1 Å². The quantitative estimate of drug-likeness (QED) is 0.570. The van der Waals surface area contributed by atoms with Crippen LogP contribution in [0.5, 0.6) is 5.75 Å². The minimum absolute atomic E-state index is 0.362. The Morgan fingerprint density at radius 1 is 0.938 bits per heavy atom. The summed E-state index contributed by atoms with van der Waals surface area (Å²) < 4.78 is 0. The zero-order valence-electron chi connectivity index (χ0n) is 10.6. The van der Waals surface area contributed by atoms with Crippen LogP contribution >= 0.6 is 0 Å². The minimum Gasteiger partial charge on any atom is -0.507 e. The monoisotopic (exact) mass is 223 g/mol. The summed E-state index contributed by atoms with van der Waals surface area (Å²) in [5, 5.41) is 19.4. The standard InChI is InChI=1S/C12H21N3O/c1-8-6-10(7-9(2)11(8)16)12(13-3,14-4)15-5/h6-7,13-16H,1-5H3. The lowest BCUT2D eigenvalue weighted by Crippen LogP contribution is -2.60. The van der Waals surface area contributed by atoms with Crippen molar-refractivity contribution >= 4 is 0 Å². The van der Waals surface area contributed by atoms with Crippen LogP contribution in [0.1, 0.15) is 16.7 Å². The van der Waals surface area contributed by atoms with Gasteiger partial charge >= 0.3 is 0 Å². The van der Waals surface area contributed by atoms with Crippen molar-refractivity contribution in [3.05, 3.63) is 28.8 Å². The fourth-order valence-corrected chi connectivity index (χ4v) is 1.98. The van der Waals surface area contributed by atoms with Gasteiger partial charge in [-0.3, -0.25) is 16.0 Å². The van der Waals surface area contributed by atoms with Gasteiger partial charge in [0.05, 0.1) is 0 Å². The van der Waals surface area contributed by atoms with Crippen LogP contribution in [0.25, 0.3) is 0 Å². The molecule has 90 valence electrons. The molecule has 0 unspecified atom stereocenters. The fraction of sp³-hybridized carbons (Fsp3) is 0.500. The third kappa shape index (κ3) is 2.04. The molecule has 1 rings (SSSR count). The highest BCUT2D eigenvalue weighted by atomic mass is 16.3. The van der Waals surface area contributed by atoms with Crippen LogP contribution < -0.4 is 16.0 Å². The van der Waals surface area contributed by atoms with Gasteiger partial charge in [0, 0.05) is 5.56 Å². The first-order valence-corrected chi connectivity index (χ1v) is 5.38. The first-order valence-electron chi connectivity index (χ1n) is 5.38. The molecule has 0 radical (unpaired) electrons. The molecule has 0 aliphatic heterocycles. The second-order valence-corrected chi connectivity index (χ2v) is 3.96. The first kappa shape index (κ1) is 13.0. The highest BCUT2D eigenvalue weighted by molar-refractivity contribution is 5.44. The molecule has 0 aromatic heterocycles. The number of phenolic OH excluding ortho intramolecular Hbond substituents is 1. The summed E-state index contributed by atoms with van der Waals surface area (Å²) in [4.78, 5) is 0. The maximum absolute atomic E-state index is 9.75. The normalized spacial score (nSPS) is 11.8. The van der Waals surface area contributed by atoms with E-state index in [1.165, 1.54) is 0 Å². The number of rotatable bonds is 4. The molecular formula is C12H21N3O. The molecule has 0 fully saturated rings. The Bertz CT molecular complexity index is 341. The number of benzene rings is 1. The van der Waals surface area contributed by atoms with Crippen LogP contribution in [-0.4, -0.2) is 26.2 Å². The second-order valence-electron chi connectivity index (χ2n) is 3.96. The molecule has 16 heavy (non-hydrogen) atoms. The molecule has 4 N–H and O–H groups in total. The molecular weight excluding hydrogens is 202 g/mol. The Hall–Kier alpha value is -1.10. The lowest BCUT2D eigenvalue weighted by molar-refractivity contribution is 0.250. The third-order valence-electron chi connectivity index (χ3n) is 3.05. The van der Waals surface area contributed by atoms with Gasteiger partial charge in [0.25, 0.3) is 0 Å². The Balaban J connectivity index is 3.31. The van der Waals surface area contributed by atoms with Crippen molar-refractivity contribution in [3.8, 4) is 5.75 Å². The molecule has 0 bridgehead atoms. The van der Waals surface area contributed by atoms with E-state index in [9.17, 15) is 5.11 Å². The number of aryl methyl sites for hydroxylation is 2. The zero-order chi connectivity index (χ0) is 12.3. The SMILES string of the molecule is CNC(NC)(NC)c1cc(C)c(O)c(C)c1. The van der Waals surface area contributed by atoms with Gasteiger partial charge in [-0.05, 0) is 58.3 Å². The van der Waals surface area contributed by atoms with Gasteiger partial charge < -0.3 is 5.11 Å². The molecule has 4 heteroatoms. The highest BCUT2D eigenvalue weighted by Crippen LogP contribution is 2.26. The topological polar surface area (TPSA) is 56.3 Å². The molecule has 1 aromatic carbocycles. The van der Waals surface area contributed by atoms with E-state index in [1.807, 2.05) is 47.1 Å². The van der Waals surface area contributed by atoms with Gasteiger partial charge in [0.15, 0.2) is 0 Å². The minimum atomic E-state index is -0.469. The van der Waals surface area contributed by atoms with Crippen LogP contribution in [0.15, 0.2) is 12.1 Å². The van der Waals surface area contributed by atoms with Gasteiger partial charge in [-0.25, -0.2) is 0 Å². The van der Waals surface area contributed by atoms with E-state index in [0.29, 0.717) is 5.75 Å². The predicted molar refractivity (Wildman–Crippen MR) is 66.4 cm³/mol. The summed E-state index contributed by atoms with van der Waals surface area (Å²) in [6.45, 7) is 3.80. The maximum atomic E-state index is 9.75. The zero-order valence-corrected chi connectivity index (χ0v) is 10.6. The molecule has 1 aromatic rings. The van der Waals surface area contributed by atoms with Crippen molar-refractivity contribution in [3.63, 3.8) is 0 Å². The lowest BCUT2D eigenvalue weighted by Gasteiger charge is -2.34. The molecule has 0 aliphatic carbocycles. The van der Waals surface area contributed by atoms with Crippen LogP contribution in [0, 0.1) is 13.8 Å². The third-order valence-corrected chi connectivity index (χ3v) is 3.05. The molecule has 0 spiro atoms. The lowest BCUT2D eigenvalue weighted by atomic mass is 10.0. The highest BCUT2D eigenvalue weighted by Gasteiger charge is 2.27.